The van der Waals surface area contributed by atoms with Gasteiger partial charge in [0.05, 0.1) is 7.11 Å². The Labute approximate surface area is 119 Å². The molecule has 0 rings (SSSR count). The predicted molar refractivity (Wildman–Crippen MR) is 73.4 cm³/mol. The first-order valence-electron chi connectivity index (χ1n) is 6.81. The number of nitrogens with one attached hydrogen (secondary N) is 1. The molecular weight excluding hydrogens is 264 g/mol. The number of amides is 2. The van der Waals surface area contributed by atoms with Crippen molar-refractivity contribution in [3.8, 4) is 0 Å². The average molecular weight is 288 g/mol. The number of carbonyl (C=O) groups excluding carboxylic acids is 2. The minimum atomic E-state index is -1.16. The number of hydrogen-bond acceptors (Lipinski definition) is 4. The van der Waals surface area contributed by atoms with Gasteiger partial charge < -0.3 is 20.1 Å². The van der Waals surface area contributed by atoms with Gasteiger partial charge in [-0.1, -0.05) is 13.3 Å². The van der Waals surface area contributed by atoms with Gasteiger partial charge in [0, 0.05) is 19.5 Å². The number of ether oxygens (including phenoxy) is 1. The monoisotopic (exact) mass is 288 g/mol. The van der Waals surface area contributed by atoms with Crippen LogP contribution in [0.3, 0.4) is 0 Å². The second kappa shape index (κ2) is 10.1. The number of esters is 1. The lowest BCUT2D eigenvalue weighted by molar-refractivity contribution is -0.142. The number of aliphatic carboxylic acids is 1. The van der Waals surface area contributed by atoms with Crippen LogP contribution in [-0.4, -0.2) is 54.2 Å². The Morgan fingerprint density at radius 3 is 2.40 bits per heavy atom. The van der Waals surface area contributed by atoms with E-state index in [1.807, 2.05) is 13.8 Å². The highest BCUT2D eigenvalue weighted by Crippen LogP contribution is 2.02. The number of carboxylic acid groups (broad SMARTS) is 1. The lowest BCUT2D eigenvalue weighted by atomic mass is 10.1. The van der Waals surface area contributed by atoms with Gasteiger partial charge in [-0.05, 0) is 19.8 Å². The van der Waals surface area contributed by atoms with Crippen molar-refractivity contribution in [2.24, 2.45) is 0 Å². The highest BCUT2D eigenvalue weighted by molar-refractivity contribution is 5.83. The van der Waals surface area contributed by atoms with Crippen LogP contribution in [0.2, 0.25) is 0 Å². The van der Waals surface area contributed by atoms with Crippen molar-refractivity contribution in [2.45, 2.75) is 45.6 Å². The number of carboxylic acids is 1. The third-order valence-electron chi connectivity index (χ3n) is 2.91. The van der Waals surface area contributed by atoms with Crippen molar-refractivity contribution >= 4 is 18.0 Å². The fourth-order valence-corrected chi connectivity index (χ4v) is 1.61. The van der Waals surface area contributed by atoms with Crippen molar-refractivity contribution in [3.63, 3.8) is 0 Å². The van der Waals surface area contributed by atoms with Gasteiger partial charge in [-0.25, -0.2) is 9.59 Å². The molecular formula is C13H24N2O5. The topological polar surface area (TPSA) is 95.9 Å². The summed E-state index contributed by atoms with van der Waals surface area (Å²) in [5.41, 5.74) is 0. The maximum absolute atomic E-state index is 11.9. The van der Waals surface area contributed by atoms with E-state index in [1.54, 1.807) is 4.90 Å². The predicted octanol–water partition coefficient (Wildman–Crippen LogP) is 1.22. The largest absolute Gasteiger partial charge is 0.480 e. The Morgan fingerprint density at radius 2 is 1.95 bits per heavy atom. The molecule has 20 heavy (non-hydrogen) atoms. The van der Waals surface area contributed by atoms with Crippen molar-refractivity contribution in [1.29, 1.82) is 0 Å². The highest BCUT2D eigenvalue weighted by Gasteiger charge is 2.23. The van der Waals surface area contributed by atoms with Gasteiger partial charge in [0.2, 0.25) is 0 Å². The lowest BCUT2D eigenvalue weighted by Crippen LogP contribution is -2.48. The summed E-state index contributed by atoms with van der Waals surface area (Å²) < 4.78 is 4.45. The van der Waals surface area contributed by atoms with E-state index in [1.165, 1.54) is 7.11 Å². The number of carbonyl (C=O) groups is 3. The molecule has 0 aromatic heterocycles. The zero-order valence-corrected chi connectivity index (χ0v) is 12.3. The fraction of sp³-hybridized carbons (Fsp3) is 0.769. The zero-order valence-electron chi connectivity index (χ0n) is 12.3. The Morgan fingerprint density at radius 1 is 1.30 bits per heavy atom. The Hall–Kier alpha value is -1.79. The van der Waals surface area contributed by atoms with Crippen molar-refractivity contribution in [1.82, 2.24) is 10.2 Å². The molecule has 0 bridgehead atoms. The molecule has 2 N–H and O–H groups in total. The number of rotatable bonds is 9. The molecule has 0 spiro atoms. The second-order valence-electron chi connectivity index (χ2n) is 4.39. The molecule has 0 saturated carbocycles. The summed E-state index contributed by atoms with van der Waals surface area (Å²) >= 11 is 0. The molecule has 7 nitrogen and oxygen atoms in total. The SMILES string of the molecule is CCCCN(CC)C(=O)N[C@@H](CCC(=O)OC)C(=O)O. The Kier molecular flexibility index (Phi) is 9.15. The zero-order chi connectivity index (χ0) is 15.5. The van der Waals surface area contributed by atoms with Gasteiger partial charge in [-0.15, -0.1) is 0 Å². The van der Waals surface area contributed by atoms with Crippen LogP contribution in [0.15, 0.2) is 0 Å². The Balaban J connectivity index is 4.45. The molecule has 1 atom stereocenters. The van der Waals surface area contributed by atoms with Crippen LogP contribution in [0.5, 0.6) is 0 Å². The van der Waals surface area contributed by atoms with E-state index in [-0.39, 0.29) is 12.8 Å². The van der Waals surface area contributed by atoms with E-state index in [4.69, 9.17) is 5.11 Å². The highest BCUT2D eigenvalue weighted by atomic mass is 16.5. The summed E-state index contributed by atoms with van der Waals surface area (Å²) in [5, 5.41) is 11.5. The first-order valence-corrected chi connectivity index (χ1v) is 6.81. The fourth-order valence-electron chi connectivity index (χ4n) is 1.61. The number of hydrogen-bond donors (Lipinski definition) is 2. The maximum Gasteiger partial charge on any atom is 0.326 e. The quantitative estimate of drug-likeness (QED) is 0.622. The molecule has 0 radical (unpaired) electrons. The smallest absolute Gasteiger partial charge is 0.326 e. The van der Waals surface area contributed by atoms with Crippen molar-refractivity contribution < 1.29 is 24.2 Å². The summed E-state index contributed by atoms with van der Waals surface area (Å²) in [6, 6.07) is -1.50. The minimum Gasteiger partial charge on any atom is -0.480 e. The molecule has 0 aromatic rings. The van der Waals surface area contributed by atoms with Gasteiger partial charge in [0.25, 0.3) is 0 Å². The molecule has 0 aliphatic heterocycles. The van der Waals surface area contributed by atoms with Crippen LogP contribution in [0.1, 0.15) is 39.5 Å². The minimum absolute atomic E-state index is 0.0130. The summed E-state index contributed by atoms with van der Waals surface area (Å²) in [4.78, 5) is 35.6. The maximum atomic E-state index is 11.9. The van der Waals surface area contributed by atoms with Crippen molar-refractivity contribution in [3.05, 3.63) is 0 Å². The van der Waals surface area contributed by atoms with Crippen LogP contribution >= 0.6 is 0 Å². The standard InChI is InChI=1S/C13H24N2O5/c1-4-6-9-15(5-2)13(19)14-10(12(17)18)7-8-11(16)20-3/h10H,4-9H2,1-3H3,(H,14,19)(H,17,18)/t10-/m0/s1. The van der Waals surface area contributed by atoms with Crippen LogP contribution in [0.4, 0.5) is 4.79 Å². The molecule has 116 valence electrons. The van der Waals surface area contributed by atoms with E-state index in [9.17, 15) is 14.4 Å². The first kappa shape index (κ1) is 18.2. The summed E-state index contributed by atoms with van der Waals surface area (Å²) in [6.07, 6.45) is 1.78. The third-order valence-corrected chi connectivity index (χ3v) is 2.91. The molecule has 2 amide bonds. The van der Waals surface area contributed by atoms with E-state index >= 15 is 0 Å². The third kappa shape index (κ3) is 6.96. The molecule has 0 aliphatic rings. The van der Waals surface area contributed by atoms with Crippen molar-refractivity contribution in [2.75, 3.05) is 20.2 Å². The van der Waals surface area contributed by atoms with Crippen LogP contribution < -0.4 is 5.32 Å². The number of urea groups is 1. The van der Waals surface area contributed by atoms with E-state index in [0.717, 1.165) is 12.8 Å². The van der Waals surface area contributed by atoms with Gasteiger partial charge in [0.1, 0.15) is 6.04 Å². The number of unbranched alkanes of at least 4 members (excludes halogenated alkanes) is 1. The summed E-state index contributed by atoms with van der Waals surface area (Å²) in [6.45, 7) is 4.94. The molecule has 0 fully saturated rings. The summed E-state index contributed by atoms with van der Waals surface area (Å²) in [7, 11) is 1.24. The molecule has 0 aliphatic carbocycles. The van der Waals surface area contributed by atoms with Gasteiger partial charge >= 0.3 is 18.0 Å². The normalized spacial score (nSPS) is 11.6. The molecule has 0 saturated heterocycles. The van der Waals surface area contributed by atoms with Crippen LogP contribution in [0.25, 0.3) is 0 Å². The Bertz CT molecular complexity index is 333. The first-order chi connectivity index (χ1) is 9.46. The summed E-state index contributed by atoms with van der Waals surface area (Å²) in [5.74, 6) is -1.65. The molecule has 0 unspecified atom stereocenters. The van der Waals surface area contributed by atoms with E-state index < -0.39 is 24.0 Å². The molecule has 0 aromatic carbocycles. The van der Waals surface area contributed by atoms with Crippen LogP contribution in [0, 0.1) is 0 Å². The van der Waals surface area contributed by atoms with E-state index in [0.29, 0.717) is 13.1 Å². The molecule has 7 heteroatoms. The van der Waals surface area contributed by atoms with Gasteiger partial charge in [0.15, 0.2) is 0 Å². The molecule has 0 heterocycles. The average Bonchev–Trinajstić information content (AvgIpc) is 2.43. The second-order valence-corrected chi connectivity index (χ2v) is 4.39. The number of nitrogens with zero attached hydrogens (tertiary/aromatic N) is 1. The lowest BCUT2D eigenvalue weighted by Gasteiger charge is -2.23. The number of methoxy groups -OCH3 is 1. The van der Waals surface area contributed by atoms with Crippen LogP contribution in [-0.2, 0) is 14.3 Å². The van der Waals surface area contributed by atoms with Gasteiger partial charge in [-0.3, -0.25) is 4.79 Å². The van der Waals surface area contributed by atoms with Gasteiger partial charge in [-0.2, -0.15) is 0 Å². The van der Waals surface area contributed by atoms with E-state index in [2.05, 4.69) is 10.1 Å².